The minimum Gasteiger partial charge on any atom is -0.508 e. The van der Waals surface area contributed by atoms with Crippen LogP contribution in [-0.2, 0) is 22.0 Å². The number of hydrogen-bond donors (Lipinski definition) is 2. The van der Waals surface area contributed by atoms with Crippen molar-refractivity contribution in [2.45, 2.75) is 25.0 Å². The molecular formula is C13H18ClNO3S. The second-order valence-electron chi connectivity index (χ2n) is 4.40. The average molecular weight is 304 g/mol. The summed E-state index contributed by atoms with van der Waals surface area (Å²) in [5.74, 6) is -0.0601. The minimum atomic E-state index is -0.869. The molecule has 19 heavy (non-hydrogen) atoms. The van der Waals surface area contributed by atoms with E-state index in [-0.39, 0.29) is 23.3 Å². The van der Waals surface area contributed by atoms with E-state index in [0.29, 0.717) is 23.6 Å². The van der Waals surface area contributed by atoms with Gasteiger partial charge in [0.05, 0.1) is 6.42 Å². The van der Waals surface area contributed by atoms with Gasteiger partial charge in [-0.2, -0.15) is 0 Å². The van der Waals surface area contributed by atoms with Gasteiger partial charge in [0.25, 0.3) is 0 Å². The molecule has 1 rings (SSSR count). The van der Waals surface area contributed by atoms with Crippen LogP contribution in [0.15, 0.2) is 18.2 Å². The van der Waals surface area contributed by atoms with Crippen LogP contribution in [0.2, 0.25) is 5.02 Å². The Labute approximate surface area is 120 Å². The highest BCUT2D eigenvalue weighted by Crippen LogP contribution is 2.21. The number of carbonyl (C=O) groups is 1. The van der Waals surface area contributed by atoms with Crippen LogP contribution in [0.1, 0.15) is 18.9 Å². The summed E-state index contributed by atoms with van der Waals surface area (Å²) in [4.78, 5) is 11.7. The molecule has 2 N–H and O–H groups in total. The largest absolute Gasteiger partial charge is 0.508 e. The SMILES string of the molecule is C[C@@H](CCNC(=O)Cc1ccc(O)cc1Cl)[S@](C)=O. The average Bonchev–Trinajstić information content (AvgIpc) is 2.32. The Hall–Kier alpha value is -1.07. The predicted molar refractivity (Wildman–Crippen MR) is 78.0 cm³/mol. The Balaban J connectivity index is 2.41. The summed E-state index contributed by atoms with van der Waals surface area (Å²) in [5.41, 5.74) is 0.670. The van der Waals surface area contributed by atoms with Crippen molar-refractivity contribution in [2.75, 3.05) is 12.8 Å². The van der Waals surface area contributed by atoms with Gasteiger partial charge in [-0.3, -0.25) is 9.00 Å². The van der Waals surface area contributed by atoms with E-state index in [0.717, 1.165) is 0 Å². The molecule has 0 saturated carbocycles. The zero-order chi connectivity index (χ0) is 14.4. The number of nitrogens with one attached hydrogen (secondary N) is 1. The van der Waals surface area contributed by atoms with Crippen LogP contribution in [0.5, 0.6) is 5.75 Å². The van der Waals surface area contributed by atoms with Crippen LogP contribution in [0.25, 0.3) is 0 Å². The Morgan fingerprint density at radius 2 is 2.21 bits per heavy atom. The summed E-state index contributed by atoms with van der Waals surface area (Å²) in [7, 11) is -0.869. The zero-order valence-corrected chi connectivity index (χ0v) is 12.6. The van der Waals surface area contributed by atoms with Crippen LogP contribution in [0, 0.1) is 0 Å². The third-order valence-electron chi connectivity index (χ3n) is 2.83. The fraction of sp³-hybridized carbons (Fsp3) is 0.462. The predicted octanol–water partition coefficient (Wildman–Crippen LogP) is 1.86. The van der Waals surface area contributed by atoms with Crippen LogP contribution in [-0.4, -0.2) is 33.3 Å². The molecule has 1 aromatic carbocycles. The van der Waals surface area contributed by atoms with E-state index in [1.54, 1.807) is 12.3 Å². The van der Waals surface area contributed by atoms with E-state index in [2.05, 4.69) is 5.32 Å². The van der Waals surface area contributed by atoms with Gasteiger partial charge >= 0.3 is 0 Å². The van der Waals surface area contributed by atoms with Gasteiger partial charge in [0, 0.05) is 33.9 Å². The number of phenols is 1. The fourth-order valence-corrected chi connectivity index (χ4v) is 2.19. The van der Waals surface area contributed by atoms with Crippen LogP contribution < -0.4 is 5.32 Å². The normalized spacial score (nSPS) is 13.8. The van der Waals surface area contributed by atoms with Crippen molar-refractivity contribution in [1.29, 1.82) is 0 Å². The molecule has 2 atom stereocenters. The molecule has 0 unspecified atom stereocenters. The van der Waals surface area contributed by atoms with Crippen LogP contribution >= 0.6 is 11.6 Å². The van der Waals surface area contributed by atoms with Crippen molar-refractivity contribution < 1.29 is 14.1 Å². The van der Waals surface area contributed by atoms with Gasteiger partial charge in [-0.25, -0.2) is 0 Å². The summed E-state index contributed by atoms with van der Waals surface area (Å²) in [6.45, 7) is 2.38. The minimum absolute atomic E-state index is 0.0672. The van der Waals surface area contributed by atoms with Gasteiger partial charge in [-0.05, 0) is 24.1 Å². The number of halogens is 1. The number of amides is 1. The zero-order valence-electron chi connectivity index (χ0n) is 11.0. The van der Waals surface area contributed by atoms with Gasteiger partial charge in [0.2, 0.25) is 5.91 Å². The van der Waals surface area contributed by atoms with Crippen molar-refractivity contribution in [3.63, 3.8) is 0 Å². The number of benzene rings is 1. The summed E-state index contributed by atoms with van der Waals surface area (Å²) < 4.78 is 11.1. The Morgan fingerprint density at radius 1 is 1.53 bits per heavy atom. The first-order valence-electron chi connectivity index (χ1n) is 5.96. The lowest BCUT2D eigenvalue weighted by Crippen LogP contribution is -2.28. The molecule has 0 aromatic heterocycles. The van der Waals surface area contributed by atoms with Crippen molar-refractivity contribution in [3.8, 4) is 5.75 Å². The second-order valence-corrected chi connectivity index (χ2v) is 6.61. The molecule has 0 aliphatic carbocycles. The van der Waals surface area contributed by atoms with Crippen molar-refractivity contribution >= 4 is 28.3 Å². The monoisotopic (exact) mass is 303 g/mol. The molecule has 0 spiro atoms. The van der Waals surface area contributed by atoms with E-state index in [1.807, 2.05) is 6.92 Å². The number of hydrogen-bond acceptors (Lipinski definition) is 3. The number of phenolic OH excluding ortho intramolecular Hbond substituents is 1. The Morgan fingerprint density at radius 3 is 2.79 bits per heavy atom. The summed E-state index contributed by atoms with van der Waals surface area (Å²) >= 11 is 5.92. The fourth-order valence-electron chi connectivity index (χ4n) is 1.50. The molecule has 0 heterocycles. The first kappa shape index (κ1) is 16.0. The molecule has 1 aromatic rings. The third-order valence-corrected chi connectivity index (χ3v) is 4.55. The molecule has 0 bridgehead atoms. The summed E-state index contributed by atoms with van der Waals surface area (Å²) in [6, 6.07) is 4.53. The molecule has 4 nitrogen and oxygen atoms in total. The molecule has 0 aliphatic heterocycles. The Kier molecular flexibility index (Phi) is 6.31. The molecule has 0 fully saturated rings. The Bertz CT molecular complexity index is 479. The van der Waals surface area contributed by atoms with Crippen molar-refractivity contribution in [1.82, 2.24) is 5.32 Å². The molecule has 6 heteroatoms. The maximum Gasteiger partial charge on any atom is 0.224 e. The van der Waals surface area contributed by atoms with Crippen LogP contribution in [0.3, 0.4) is 0 Å². The molecule has 1 amide bonds. The third kappa shape index (κ3) is 5.61. The first-order valence-corrected chi connectivity index (χ1v) is 7.96. The van der Waals surface area contributed by atoms with Crippen LogP contribution in [0.4, 0.5) is 0 Å². The van der Waals surface area contributed by atoms with E-state index in [1.165, 1.54) is 12.1 Å². The number of carbonyl (C=O) groups excluding carboxylic acids is 1. The summed E-state index contributed by atoms with van der Waals surface area (Å²) in [5, 5.41) is 12.4. The molecule has 0 saturated heterocycles. The van der Waals surface area contributed by atoms with E-state index in [9.17, 15) is 14.1 Å². The molecule has 106 valence electrons. The standard InChI is InChI=1S/C13H18ClNO3S/c1-9(19(2)18)5-6-15-13(17)7-10-3-4-11(16)8-12(10)14/h3-4,8-9,16H,5-7H2,1-2H3,(H,15,17)/t9-,19-/m0/s1. The highest BCUT2D eigenvalue weighted by molar-refractivity contribution is 7.84. The number of rotatable bonds is 6. The van der Waals surface area contributed by atoms with Gasteiger partial charge in [-0.1, -0.05) is 24.6 Å². The van der Waals surface area contributed by atoms with Gasteiger partial charge in [-0.15, -0.1) is 0 Å². The smallest absolute Gasteiger partial charge is 0.224 e. The van der Waals surface area contributed by atoms with E-state index < -0.39 is 10.8 Å². The first-order chi connectivity index (χ1) is 8.90. The van der Waals surface area contributed by atoms with Crippen molar-refractivity contribution in [3.05, 3.63) is 28.8 Å². The summed E-state index contributed by atoms with van der Waals surface area (Å²) in [6.07, 6.45) is 2.50. The lowest BCUT2D eigenvalue weighted by molar-refractivity contribution is -0.120. The van der Waals surface area contributed by atoms with E-state index in [4.69, 9.17) is 11.6 Å². The molecular weight excluding hydrogens is 286 g/mol. The van der Waals surface area contributed by atoms with E-state index >= 15 is 0 Å². The van der Waals surface area contributed by atoms with Gasteiger partial charge < -0.3 is 10.4 Å². The highest BCUT2D eigenvalue weighted by Gasteiger charge is 2.09. The van der Waals surface area contributed by atoms with Crippen molar-refractivity contribution in [2.24, 2.45) is 0 Å². The lowest BCUT2D eigenvalue weighted by atomic mass is 10.1. The quantitative estimate of drug-likeness (QED) is 0.843. The molecule has 0 aliphatic rings. The number of aromatic hydroxyl groups is 1. The lowest BCUT2D eigenvalue weighted by Gasteiger charge is -2.10. The topological polar surface area (TPSA) is 66.4 Å². The molecule has 0 radical (unpaired) electrons. The highest BCUT2D eigenvalue weighted by atomic mass is 35.5. The maximum atomic E-state index is 11.7. The maximum absolute atomic E-state index is 11.7. The second kappa shape index (κ2) is 7.50. The van der Waals surface area contributed by atoms with Gasteiger partial charge in [0.15, 0.2) is 0 Å². The van der Waals surface area contributed by atoms with Gasteiger partial charge in [0.1, 0.15) is 5.75 Å².